The van der Waals surface area contributed by atoms with Crippen molar-refractivity contribution in [1.82, 2.24) is 0 Å². The lowest BCUT2D eigenvalue weighted by molar-refractivity contribution is -0.384. The highest BCUT2D eigenvalue weighted by Crippen LogP contribution is 2.34. The first kappa shape index (κ1) is 27.7. The number of aliphatic imine (C=N–C) groups is 1. The van der Waals surface area contributed by atoms with Crippen molar-refractivity contribution in [3.8, 4) is 5.75 Å². The molecule has 0 spiro atoms. The van der Waals surface area contributed by atoms with E-state index in [1.807, 2.05) is 17.8 Å². The lowest BCUT2D eigenvalue weighted by atomic mass is 10.0. The second kappa shape index (κ2) is 14.0. The number of nitrogens with two attached hydrogens (primary N) is 2. The highest BCUT2D eigenvalue weighted by atomic mass is 32.2. The van der Waals surface area contributed by atoms with Crippen LogP contribution in [0.15, 0.2) is 77.0 Å². The van der Waals surface area contributed by atoms with Crippen molar-refractivity contribution in [3.63, 3.8) is 0 Å². The number of amidine groups is 1. The number of non-ortho nitro benzene ring substituents is 1. The SMILES string of the molecule is C=CO.CO.NC(/C=C(\N)C1CCC(Oc2ccc([N+](=O)[O-])cc2)C1)=Nc1ccc2c(c1)CCS2. The van der Waals surface area contributed by atoms with Gasteiger partial charge in [0.15, 0.2) is 0 Å². The number of hydrogen-bond donors (Lipinski definition) is 4. The molecule has 1 aliphatic heterocycles. The van der Waals surface area contributed by atoms with Gasteiger partial charge < -0.3 is 26.4 Å². The number of thioether (sulfide) groups is 1. The summed E-state index contributed by atoms with van der Waals surface area (Å²) in [4.78, 5) is 16.2. The molecule has 2 aromatic rings. The number of ether oxygens (including phenoxy) is 1. The first-order valence-electron chi connectivity index (χ1n) is 11.1. The number of allylic oxidation sites excluding steroid dienone is 1. The Morgan fingerprint density at radius 3 is 2.57 bits per heavy atom. The Hall–Kier alpha value is -3.50. The number of benzene rings is 2. The second-order valence-corrected chi connectivity index (χ2v) is 8.89. The lowest BCUT2D eigenvalue weighted by Crippen LogP contribution is -2.17. The van der Waals surface area contributed by atoms with E-state index in [2.05, 4.69) is 23.7 Å². The molecule has 2 atom stereocenters. The summed E-state index contributed by atoms with van der Waals surface area (Å²) in [6, 6.07) is 12.3. The first-order valence-corrected chi connectivity index (χ1v) is 12.1. The van der Waals surface area contributed by atoms with Crippen molar-refractivity contribution in [2.45, 2.75) is 36.7 Å². The predicted octanol–water partition coefficient (Wildman–Crippen LogP) is 4.62. The van der Waals surface area contributed by atoms with Crippen LogP contribution in [0.5, 0.6) is 5.75 Å². The molecule has 0 radical (unpaired) electrons. The van der Waals surface area contributed by atoms with Crippen molar-refractivity contribution in [2.24, 2.45) is 22.4 Å². The normalized spacial score (nSPS) is 18.9. The molecule has 0 bridgehead atoms. The van der Waals surface area contributed by atoms with Crippen LogP contribution in [0.2, 0.25) is 0 Å². The standard InChI is InChI=1S/C22H24N4O3S.C2H4O.CH4O/c23-20(13-22(24)25-16-2-8-21-15(11-16)9-10-30-21)14-1-5-19(12-14)29-18-6-3-17(4-7-18)26(27)28;1-2-3;1-2/h2-4,6-8,11,13-14,19H,1,5,9-10,12,23H2,(H2,24,25);2-3H,1H2;2H,1H3/b20-13-;;. The summed E-state index contributed by atoms with van der Waals surface area (Å²) in [5, 5.41) is 25.1. The van der Waals surface area contributed by atoms with E-state index in [1.54, 1.807) is 18.2 Å². The molecule has 1 heterocycles. The third-order valence-electron chi connectivity index (χ3n) is 5.45. The van der Waals surface area contributed by atoms with Crippen LogP contribution < -0.4 is 16.2 Å². The minimum Gasteiger partial charge on any atom is -0.516 e. The number of fused-ring (bicyclic) bond motifs is 1. The van der Waals surface area contributed by atoms with Gasteiger partial charge >= 0.3 is 0 Å². The summed E-state index contributed by atoms with van der Waals surface area (Å²) in [6.07, 6.45) is 6.15. The van der Waals surface area contributed by atoms with Crippen LogP contribution in [0, 0.1) is 16.0 Å². The maximum Gasteiger partial charge on any atom is 0.269 e. The number of aliphatic hydroxyl groups excluding tert-OH is 2. The zero-order chi connectivity index (χ0) is 25.8. The van der Waals surface area contributed by atoms with Crippen LogP contribution in [0.1, 0.15) is 24.8 Å². The Labute approximate surface area is 209 Å². The monoisotopic (exact) mass is 500 g/mol. The summed E-state index contributed by atoms with van der Waals surface area (Å²) >= 11 is 1.87. The summed E-state index contributed by atoms with van der Waals surface area (Å²) in [5.41, 5.74) is 15.4. The number of nitrogens with zero attached hydrogens (tertiary/aromatic N) is 2. The van der Waals surface area contributed by atoms with Gasteiger partial charge in [0.25, 0.3) is 5.69 Å². The maximum atomic E-state index is 10.8. The molecule has 188 valence electrons. The van der Waals surface area contributed by atoms with Crippen LogP contribution >= 0.6 is 11.8 Å². The zero-order valence-corrected chi connectivity index (χ0v) is 20.5. The summed E-state index contributed by atoms with van der Waals surface area (Å²) < 4.78 is 5.96. The number of nitro groups is 1. The van der Waals surface area contributed by atoms with E-state index in [0.29, 0.717) is 17.3 Å². The van der Waals surface area contributed by atoms with Crippen LogP contribution in [0.4, 0.5) is 11.4 Å². The fraction of sp³-hybridized carbons (Fsp3) is 0.320. The zero-order valence-electron chi connectivity index (χ0n) is 19.7. The largest absolute Gasteiger partial charge is 0.516 e. The van der Waals surface area contributed by atoms with Gasteiger partial charge in [-0.1, -0.05) is 6.58 Å². The predicted molar refractivity (Wildman–Crippen MR) is 140 cm³/mol. The molecule has 0 saturated heterocycles. The van der Waals surface area contributed by atoms with Crippen molar-refractivity contribution < 1.29 is 19.9 Å². The van der Waals surface area contributed by atoms with E-state index >= 15 is 0 Å². The number of aryl methyl sites for hydroxylation is 1. The fourth-order valence-electron chi connectivity index (χ4n) is 3.90. The molecule has 2 aliphatic rings. The van der Waals surface area contributed by atoms with Crippen molar-refractivity contribution in [1.29, 1.82) is 0 Å². The maximum absolute atomic E-state index is 10.8. The van der Waals surface area contributed by atoms with Crippen LogP contribution in [0.25, 0.3) is 0 Å². The third-order valence-corrected chi connectivity index (χ3v) is 6.57. The highest BCUT2D eigenvalue weighted by molar-refractivity contribution is 7.99. The van der Waals surface area contributed by atoms with Gasteiger partial charge in [0.1, 0.15) is 11.6 Å². The Bertz CT molecular complexity index is 1060. The van der Waals surface area contributed by atoms with Gasteiger partial charge in [-0.15, -0.1) is 11.8 Å². The fourth-order valence-corrected chi connectivity index (χ4v) is 4.95. The molecular formula is C25H32N4O5S. The molecule has 0 amide bonds. The lowest BCUT2D eigenvalue weighted by Gasteiger charge is -2.14. The number of nitro benzene ring substituents is 1. The van der Waals surface area contributed by atoms with Crippen LogP contribution in [0.3, 0.4) is 0 Å². The van der Waals surface area contributed by atoms with Gasteiger partial charge in [0, 0.05) is 41.5 Å². The average Bonchev–Trinajstić information content (AvgIpc) is 3.50. The minimum absolute atomic E-state index is 0.0239. The smallest absolute Gasteiger partial charge is 0.269 e. The Balaban J connectivity index is 0.000000803. The van der Waals surface area contributed by atoms with E-state index < -0.39 is 4.92 Å². The minimum atomic E-state index is -0.422. The van der Waals surface area contributed by atoms with Crippen LogP contribution in [-0.4, -0.2) is 39.9 Å². The van der Waals surface area contributed by atoms with Gasteiger partial charge in [-0.25, -0.2) is 4.99 Å². The van der Waals surface area contributed by atoms with Gasteiger partial charge in [-0.3, -0.25) is 10.1 Å². The molecule has 2 unspecified atom stereocenters. The number of rotatable bonds is 6. The van der Waals surface area contributed by atoms with Crippen molar-refractivity contribution in [2.75, 3.05) is 12.9 Å². The molecule has 0 aromatic heterocycles. The topological polar surface area (TPSA) is 157 Å². The van der Waals surface area contributed by atoms with Gasteiger partial charge in [0.05, 0.1) is 23.0 Å². The molecule has 1 aliphatic carbocycles. The van der Waals surface area contributed by atoms with E-state index in [9.17, 15) is 10.1 Å². The Morgan fingerprint density at radius 1 is 1.23 bits per heavy atom. The van der Waals surface area contributed by atoms with Gasteiger partial charge in [-0.2, -0.15) is 0 Å². The molecule has 9 nitrogen and oxygen atoms in total. The van der Waals surface area contributed by atoms with Gasteiger partial charge in [0.2, 0.25) is 0 Å². The highest BCUT2D eigenvalue weighted by Gasteiger charge is 2.28. The summed E-state index contributed by atoms with van der Waals surface area (Å²) in [7, 11) is 1.00. The molecule has 10 heteroatoms. The van der Waals surface area contributed by atoms with Crippen molar-refractivity contribution in [3.05, 3.63) is 82.8 Å². The Morgan fingerprint density at radius 2 is 1.91 bits per heavy atom. The average molecular weight is 501 g/mol. The van der Waals surface area contributed by atoms with E-state index in [0.717, 1.165) is 50.5 Å². The third kappa shape index (κ3) is 8.34. The molecule has 1 fully saturated rings. The second-order valence-electron chi connectivity index (χ2n) is 7.75. The first-order chi connectivity index (χ1) is 16.9. The van der Waals surface area contributed by atoms with Crippen molar-refractivity contribution >= 4 is 29.0 Å². The molecular weight excluding hydrogens is 468 g/mol. The van der Waals surface area contributed by atoms with E-state index in [4.69, 9.17) is 26.4 Å². The molecule has 1 saturated carbocycles. The summed E-state index contributed by atoms with van der Waals surface area (Å²) in [5.74, 6) is 2.33. The molecule has 6 N–H and O–H groups in total. The quantitative estimate of drug-likeness (QED) is 0.147. The van der Waals surface area contributed by atoms with Crippen LogP contribution in [-0.2, 0) is 6.42 Å². The van der Waals surface area contributed by atoms with E-state index in [-0.39, 0.29) is 17.7 Å². The molecule has 2 aromatic carbocycles. The number of hydrogen-bond acceptors (Lipinski definition) is 8. The van der Waals surface area contributed by atoms with E-state index in [1.165, 1.54) is 22.6 Å². The molecule has 35 heavy (non-hydrogen) atoms. The summed E-state index contributed by atoms with van der Waals surface area (Å²) in [6.45, 7) is 2.92. The molecule has 4 rings (SSSR count). The van der Waals surface area contributed by atoms with Gasteiger partial charge in [-0.05, 0) is 67.7 Å². The Kier molecular flexibility index (Phi) is 11.1. The number of aliphatic hydroxyl groups is 2.